The van der Waals surface area contributed by atoms with Crippen molar-refractivity contribution >= 4 is 17.2 Å². The number of carbonyl (C=O) groups excluding carboxylic acids is 1. The largest absolute Gasteiger partial charge is 0.435 e. The van der Waals surface area contributed by atoms with Gasteiger partial charge >= 0.3 is 6.18 Å². The molecule has 4 rings (SSSR count). The molecule has 1 fully saturated rings. The molecule has 10 heteroatoms. The topological polar surface area (TPSA) is 41.4 Å². The van der Waals surface area contributed by atoms with Crippen LogP contribution >= 0.6 is 11.3 Å². The van der Waals surface area contributed by atoms with Crippen LogP contribution in [0.4, 0.5) is 17.6 Å². The first-order chi connectivity index (χ1) is 14.8. The lowest BCUT2D eigenvalue weighted by Gasteiger charge is -2.34. The smallest absolute Gasteiger partial charge is 0.335 e. The molecule has 31 heavy (non-hydrogen) atoms. The first kappa shape index (κ1) is 21.5. The lowest BCUT2D eigenvalue weighted by atomic mass is 10.2. The second-order valence-corrected chi connectivity index (χ2v) is 8.32. The molecule has 0 bridgehead atoms. The minimum atomic E-state index is -4.47. The molecule has 3 aromatic rings. The maximum absolute atomic E-state index is 13.0. The fourth-order valence-corrected chi connectivity index (χ4v) is 4.34. The fraction of sp³-hybridized carbons (Fsp3) is 0.333. The van der Waals surface area contributed by atoms with Gasteiger partial charge < -0.3 is 4.90 Å². The molecule has 1 aliphatic rings. The number of amides is 1. The molecule has 0 aliphatic carbocycles. The molecule has 1 aromatic carbocycles. The molecule has 1 saturated heterocycles. The van der Waals surface area contributed by atoms with Gasteiger partial charge in [0.1, 0.15) is 5.82 Å². The molecule has 164 valence electrons. The molecule has 0 unspecified atom stereocenters. The predicted molar refractivity (Wildman–Crippen MR) is 108 cm³/mol. The zero-order valence-electron chi connectivity index (χ0n) is 16.5. The number of halogens is 4. The van der Waals surface area contributed by atoms with Crippen LogP contribution in [0, 0.1) is 5.82 Å². The predicted octanol–water partition coefficient (Wildman–Crippen LogP) is 4.11. The third kappa shape index (κ3) is 5.31. The van der Waals surface area contributed by atoms with Crippen LogP contribution in [-0.4, -0.2) is 51.7 Å². The van der Waals surface area contributed by atoms with Crippen molar-refractivity contribution in [3.8, 4) is 0 Å². The highest BCUT2D eigenvalue weighted by Gasteiger charge is 2.33. The average molecular weight is 452 g/mol. The van der Waals surface area contributed by atoms with Gasteiger partial charge in [0, 0.05) is 38.9 Å². The van der Waals surface area contributed by atoms with Crippen molar-refractivity contribution in [1.29, 1.82) is 0 Å². The Morgan fingerprint density at radius 3 is 2.35 bits per heavy atom. The van der Waals surface area contributed by atoms with Gasteiger partial charge in [0.25, 0.3) is 5.91 Å². The highest BCUT2D eigenvalue weighted by atomic mass is 32.1. The maximum atomic E-state index is 13.0. The highest BCUT2D eigenvalue weighted by Crippen LogP contribution is 2.27. The van der Waals surface area contributed by atoms with Crippen molar-refractivity contribution in [3.05, 3.63) is 75.5 Å². The highest BCUT2D eigenvalue weighted by molar-refractivity contribution is 7.12. The monoisotopic (exact) mass is 452 g/mol. The third-order valence-electron chi connectivity index (χ3n) is 5.12. The SMILES string of the molecule is O=C(c1cc(Cn2ccc(C(F)(F)F)n2)cs1)N1CCN(Cc2ccc(F)cc2)CC1. The van der Waals surface area contributed by atoms with E-state index < -0.39 is 11.9 Å². The molecular formula is C21H20F4N4OS. The van der Waals surface area contributed by atoms with Crippen LogP contribution in [0.3, 0.4) is 0 Å². The van der Waals surface area contributed by atoms with Gasteiger partial charge in [0.15, 0.2) is 5.69 Å². The molecule has 0 N–H and O–H groups in total. The number of nitrogens with zero attached hydrogens (tertiary/aromatic N) is 4. The van der Waals surface area contributed by atoms with Gasteiger partial charge in [-0.05, 0) is 40.8 Å². The van der Waals surface area contributed by atoms with Crippen LogP contribution in [0.5, 0.6) is 0 Å². The maximum Gasteiger partial charge on any atom is 0.435 e. The lowest BCUT2D eigenvalue weighted by Crippen LogP contribution is -2.48. The molecule has 0 atom stereocenters. The fourth-order valence-electron chi connectivity index (χ4n) is 3.47. The summed E-state index contributed by atoms with van der Waals surface area (Å²) < 4.78 is 52.3. The zero-order chi connectivity index (χ0) is 22.0. The van der Waals surface area contributed by atoms with Crippen molar-refractivity contribution in [2.45, 2.75) is 19.3 Å². The van der Waals surface area contributed by atoms with Gasteiger partial charge in [0.05, 0.1) is 11.4 Å². The molecule has 2 aromatic heterocycles. The minimum Gasteiger partial charge on any atom is -0.335 e. The Bertz CT molecular complexity index is 1040. The molecular weight excluding hydrogens is 432 g/mol. The summed E-state index contributed by atoms with van der Waals surface area (Å²) in [4.78, 5) is 17.4. The average Bonchev–Trinajstić information content (AvgIpc) is 3.40. The molecule has 1 amide bonds. The summed E-state index contributed by atoms with van der Waals surface area (Å²) in [7, 11) is 0. The first-order valence-corrected chi connectivity index (χ1v) is 10.6. The minimum absolute atomic E-state index is 0.0749. The van der Waals surface area contributed by atoms with E-state index >= 15 is 0 Å². The third-order valence-corrected chi connectivity index (χ3v) is 6.09. The van der Waals surface area contributed by atoms with Crippen LogP contribution in [0.25, 0.3) is 0 Å². The molecule has 3 heterocycles. The van der Waals surface area contributed by atoms with E-state index in [4.69, 9.17) is 0 Å². The Labute approximate surface area is 180 Å². The summed E-state index contributed by atoms with van der Waals surface area (Å²) in [6, 6.07) is 9.05. The van der Waals surface area contributed by atoms with E-state index in [0.717, 1.165) is 30.3 Å². The van der Waals surface area contributed by atoms with E-state index in [1.807, 2.05) is 0 Å². The van der Waals surface area contributed by atoms with Gasteiger partial charge in [0.2, 0.25) is 0 Å². The van der Waals surface area contributed by atoms with Gasteiger partial charge in [-0.1, -0.05) is 12.1 Å². The summed E-state index contributed by atoms with van der Waals surface area (Å²) in [5, 5.41) is 5.31. The van der Waals surface area contributed by atoms with Crippen LogP contribution in [0.15, 0.2) is 48.0 Å². The Balaban J connectivity index is 1.31. The second kappa shape index (κ2) is 8.80. The van der Waals surface area contributed by atoms with E-state index in [0.29, 0.717) is 24.5 Å². The quantitative estimate of drug-likeness (QED) is 0.548. The number of thiophene rings is 1. The van der Waals surface area contributed by atoms with E-state index in [1.54, 1.807) is 28.5 Å². The number of hydrogen-bond donors (Lipinski definition) is 0. The zero-order valence-corrected chi connectivity index (χ0v) is 17.3. The van der Waals surface area contributed by atoms with Crippen LogP contribution < -0.4 is 0 Å². The van der Waals surface area contributed by atoms with Gasteiger partial charge in [-0.2, -0.15) is 18.3 Å². The first-order valence-electron chi connectivity index (χ1n) is 9.72. The van der Waals surface area contributed by atoms with E-state index in [9.17, 15) is 22.4 Å². The van der Waals surface area contributed by atoms with Crippen molar-refractivity contribution in [3.63, 3.8) is 0 Å². The number of carbonyl (C=O) groups is 1. The second-order valence-electron chi connectivity index (χ2n) is 7.41. The van der Waals surface area contributed by atoms with Crippen LogP contribution in [-0.2, 0) is 19.3 Å². The summed E-state index contributed by atoms with van der Waals surface area (Å²) in [6.45, 7) is 3.48. The Kier molecular flexibility index (Phi) is 6.10. The van der Waals surface area contributed by atoms with Gasteiger partial charge in [-0.3, -0.25) is 14.4 Å². The Hall–Kier alpha value is -2.72. The van der Waals surface area contributed by atoms with Gasteiger partial charge in [-0.15, -0.1) is 11.3 Å². The number of aromatic nitrogens is 2. The Morgan fingerprint density at radius 1 is 1.00 bits per heavy atom. The van der Waals surface area contributed by atoms with E-state index in [1.165, 1.54) is 34.3 Å². The standard InChI is InChI=1S/C21H20F4N4OS/c22-17-3-1-15(2-4-17)12-27-7-9-28(10-8-27)20(30)18-11-16(14-31-18)13-29-6-5-19(26-29)21(23,24)25/h1-6,11,14H,7-10,12-13H2. The van der Waals surface area contributed by atoms with Crippen LogP contribution in [0.2, 0.25) is 0 Å². The summed E-state index contributed by atoms with van der Waals surface area (Å²) >= 11 is 1.28. The van der Waals surface area contributed by atoms with Crippen molar-refractivity contribution in [2.24, 2.45) is 0 Å². The van der Waals surface area contributed by atoms with E-state index in [2.05, 4.69) is 10.00 Å². The molecule has 0 radical (unpaired) electrons. The summed E-state index contributed by atoms with van der Waals surface area (Å²) in [5.41, 5.74) is 0.828. The van der Waals surface area contributed by atoms with Crippen molar-refractivity contribution < 1.29 is 22.4 Å². The Morgan fingerprint density at radius 2 is 1.71 bits per heavy atom. The number of alkyl halides is 3. The molecule has 5 nitrogen and oxygen atoms in total. The van der Waals surface area contributed by atoms with Crippen molar-refractivity contribution in [2.75, 3.05) is 26.2 Å². The van der Waals surface area contributed by atoms with E-state index in [-0.39, 0.29) is 18.3 Å². The van der Waals surface area contributed by atoms with Gasteiger partial charge in [-0.25, -0.2) is 4.39 Å². The molecule has 0 saturated carbocycles. The number of piperazine rings is 1. The summed E-state index contributed by atoms with van der Waals surface area (Å²) in [5.74, 6) is -0.336. The number of hydrogen-bond acceptors (Lipinski definition) is 4. The molecule has 1 aliphatic heterocycles. The molecule has 0 spiro atoms. The lowest BCUT2D eigenvalue weighted by molar-refractivity contribution is -0.141. The summed E-state index contributed by atoms with van der Waals surface area (Å²) in [6.07, 6.45) is -3.19. The number of benzene rings is 1. The number of rotatable bonds is 5. The normalized spacial score (nSPS) is 15.4. The van der Waals surface area contributed by atoms with Crippen LogP contribution in [0.1, 0.15) is 26.5 Å². The van der Waals surface area contributed by atoms with Crippen molar-refractivity contribution in [1.82, 2.24) is 19.6 Å².